The van der Waals surface area contributed by atoms with Gasteiger partial charge in [0, 0.05) is 12.5 Å². The van der Waals surface area contributed by atoms with Crippen molar-refractivity contribution in [3.8, 4) is 5.75 Å². The van der Waals surface area contributed by atoms with Crippen molar-refractivity contribution in [3.63, 3.8) is 0 Å². The molecule has 0 saturated carbocycles. The van der Waals surface area contributed by atoms with Gasteiger partial charge in [-0.25, -0.2) is 0 Å². The largest absolute Gasteiger partial charge is 0.493 e. The van der Waals surface area contributed by atoms with E-state index in [1.165, 1.54) is 7.11 Å². The van der Waals surface area contributed by atoms with Crippen LogP contribution < -0.4 is 10.5 Å². The molecule has 0 amide bonds. The molecule has 1 aromatic rings. The van der Waals surface area contributed by atoms with Crippen molar-refractivity contribution in [3.05, 3.63) is 29.8 Å². The number of benzene rings is 1. The second-order valence-corrected chi connectivity index (χ2v) is 4.25. The first-order valence-electron chi connectivity index (χ1n) is 5.75. The second kappa shape index (κ2) is 5.19. The Morgan fingerprint density at radius 2 is 2.35 bits per heavy atom. The molecule has 1 heterocycles. The van der Waals surface area contributed by atoms with E-state index >= 15 is 0 Å². The maximum atomic E-state index is 11.6. The van der Waals surface area contributed by atoms with Gasteiger partial charge in [-0.2, -0.15) is 0 Å². The summed E-state index contributed by atoms with van der Waals surface area (Å²) in [7, 11) is 1.39. The van der Waals surface area contributed by atoms with E-state index in [9.17, 15) is 4.79 Å². The average Bonchev–Trinajstić information content (AvgIpc) is 2.39. The molecule has 17 heavy (non-hydrogen) atoms. The quantitative estimate of drug-likeness (QED) is 0.793. The van der Waals surface area contributed by atoms with Crippen LogP contribution in [0.4, 0.5) is 0 Å². The molecule has 4 heteroatoms. The molecule has 2 unspecified atom stereocenters. The van der Waals surface area contributed by atoms with E-state index in [2.05, 4.69) is 0 Å². The smallest absolute Gasteiger partial charge is 0.310 e. The lowest BCUT2D eigenvalue weighted by Gasteiger charge is -2.29. The first-order chi connectivity index (χ1) is 8.26. The highest BCUT2D eigenvalue weighted by atomic mass is 16.5. The zero-order valence-corrected chi connectivity index (χ0v) is 9.89. The fraction of sp³-hybridized carbons (Fsp3) is 0.462. The Kier molecular flexibility index (Phi) is 3.64. The van der Waals surface area contributed by atoms with Crippen LogP contribution >= 0.6 is 0 Å². The van der Waals surface area contributed by atoms with Gasteiger partial charge in [0.25, 0.3) is 0 Å². The minimum absolute atomic E-state index is 0.0994. The fourth-order valence-corrected chi connectivity index (χ4v) is 2.24. The number of esters is 1. The highest BCUT2D eigenvalue weighted by molar-refractivity contribution is 5.73. The lowest BCUT2D eigenvalue weighted by atomic mass is 9.85. The molecule has 1 aliphatic heterocycles. The van der Waals surface area contributed by atoms with Gasteiger partial charge in [-0.1, -0.05) is 18.2 Å². The Morgan fingerprint density at radius 3 is 3.06 bits per heavy atom. The number of methoxy groups -OCH3 is 1. The molecular weight excluding hydrogens is 218 g/mol. The van der Waals surface area contributed by atoms with Crippen LogP contribution in [0.2, 0.25) is 0 Å². The van der Waals surface area contributed by atoms with Gasteiger partial charge >= 0.3 is 5.97 Å². The van der Waals surface area contributed by atoms with Gasteiger partial charge in [0.05, 0.1) is 19.6 Å². The fourth-order valence-electron chi connectivity index (χ4n) is 2.24. The topological polar surface area (TPSA) is 61.5 Å². The van der Waals surface area contributed by atoms with Crippen molar-refractivity contribution < 1.29 is 14.3 Å². The van der Waals surface area contributed by atoms with Crippen LogP contribution in [0, 0.1) is 11.8 Å². The predicted molar refractivity (Wildman–Crippen MR) is 63.7 cm³/mol. The molecule has 2 atom stereocenters. The molecule has 92 valence electrons. The molecule has 0 fully saturated rings. The van der Waals surface area contributed by atoms with E-state index in [1.54, 1.807) is 0 Å². The van der Waals surface area contributed by atoms with Crippen LogP contribution in [-0.2, 0) is 16.0 Å². The molecule has 0 radical (unpaired) electrons. The summed E-state index contributed by atoms with van der Waals surface area (Å²) in [5.74, 6) is 0.473. The number of ether oxygens (including phenoxy) is 2. The summed E-state index contributed by atoms with van der Waals surface area (Å²) in [5.41, 5.74) is 6.77. The summed E-state index contributed by atoms with van der Waals surface area (Å²) in [6, 6.07) is 7.88. The standard InChI is InChI=1S/C13H17NO3/c1-16-13(15)11(7-14)10-6-9-4-2-3-5-12(9)17-8-10/h2-5,10-11H,6-8,14H2,1H3. The Morgan fingerprint density at radius 1 is 1.59 bits per heavy atom. The minimum Gasteiger partial charge on any atom is -0.493 e. The highest BCUT2D eigenvalue weighted by Gasteiger charge is 2.31. The van der Waals surface area contributed by atoms with Crippen molar-refractivity contribution in [2.24, 2.45) is 17.6 Å². The summed E-state index contributed by atoms with van der Waals surface area (Å²) in [5, 5.41) is 0. The van der Waals surface area contributed by atoms with E-state index in [0.717, 1.165) is 17.7 Å². The molecule has 1 aromatic carbocycles. The molecule has 4 nitrogen and oxygen atoms in total. The molecule has 0 bridgehead atoms. The molecular formula is C13H17NO3. The van der Waals surface area contributed by atoms with Crippen LogP contribution in [0.5, 0.6) is 5.75 Å². The third kappa shape index (κ3) is 2.42. The van der Waals surface area contributed by atoms with Gasteiger partial charge in [-0.05, 0) is 18.1 Å². The van der Waals surface area contributed by atoms with Crippen LogP contribution in [0.15, 0.2) is 24.3 Å². The normalized spacial score (nSPS) is 20.0. The number of carbonyl (C=O) groups excluding carboxylic acids is 1. The van der Waals surface area contributed by atoms with E-state index < -0.39 is 0 Å². The van der Waals surface area contributed by atoms with Crippen molar-refractivity contribution in [2.45, 2.75) is 6.42 Å². The van der Waals surface area contributed by atoms with E-state index in [0.29, 0.717) is 13.2 Å². The van der Waals surface area contributed by atoms with E-state index in [4.69, 9.17) is 15.2 Å². The van der Waals surface area contributed by atoms with Crippen LogP contribution in [0.3, 0.4) is 0 Å². The summed E-state index contributed by atoms with van der Waals surface area (Å²) in [6.45, 7) is 0.816. The summed E-state index contributed by atoms with van der Waals surface area (Å²) in [4.78, 5) is 11.6. The first-order valence-corrected chi connectivity index (χ1v) is 5.75. The zero-order valence-electron chi connectivity index (χ0n) is 9.89. The van der Waals surface area contributed by atoms with Crippen molar-refractivity contribution in [2.75, 3.05) is 20.3 Å². The second-order valence-electron chi connectivity index (χ2n) is 4.25. The molecule has 2 N–H and O–H groups in total. The van der Waals surface area contributed by atoms with Gasteiger partial charge in [-0.15, -0.1) is 0 Å². The van der Waals surface area contributed by atoms with Gasteiger partial charge in [0.15, 0.2) is 0 Å². The molecule has 0 spiro atoms. The highest BCUT2D eigenvalue weighted by Crippen LogP contribution is 2.30. The van der Waals surface area contributed by atoms with Gasteiger partial charge in [0.2, 0.25) is 0 Å². The van der Waals surface area contributed by atoms with Crippen molar-refractivity contribution >= 4 is 5.97 Å². The predicted octanol–water partition coefficient (Wildman–Crippen LogP) is 0.986. The monoisotopic (exact) mass is 235 g/mol. The SMILES string of the molecule is COC(=O)C(CN)C1COc2ccccc2C1. The Bertz CT molecular complexity index is 405. The number of carbonyl (C=O) groups is 1. The zero-order chi connectivity index (χ0) is 12.3. The summed E-state index contributed by atoms with van der Waals surface area (Å²) in [6.07, 6.45) is 0.813. The minimum atomic E-state index is -0.284. The maximum Gasteiger partial charge on any atom is 0.310 e. The number of hydrogen-bond donors (Lipinski definition) is 1. The number of hydrogen-bond acceptors (Lipinski definition) is 4. The van der Waals surface area contributed by atoms with Crippen LogP contribution in [-0.4, -0.2) is 26.2 Å². The van der Waals surface area contributed by atoms with Gasteiger partial charge in [0.1, 0.15) is 5.75 Å². The van der Waals surface area contributed by atoms with E-state index in [1.807, 2.05) is 24.3 Å². The average molecular weight is 235 g/mol. The number of fused-ring (bicyclic) bond motifs is 1. The third-order valence-corrected chi connectivity index (χ3v) is 3.23. The maximum absolute atomic E-state index is 11.6. The number of nitrogens with two attached hydrogens (primary N) is 1. The van der Waals surface area contributed by atoms with E-state index in [-0.39, 0.29) is 17.8 Å². The van der Waals surface area contributed by atoms with Crippen LogP contribution in [0.25, 0.3) is 0 Å². The summed E-state index contributed by atoms with van der Waals surface area (Å²) < 4.78 is 10.4. The Labute approximate surface area is 101 Å². The molecule has 1 aliphatic rings. The summed E-state index contributed by atoms with van der Waals surface area (Å²) >= 11 is 0. The van der Waals surface area contributed by atoms with Gasteiger partial charge in [-0.3, -0.25) is 4.79 Å². The molecule has 0 aromatic heterocycles. The van der Waals surface area contributed by atoms with Crippen molar-refractivity contribution in [1.82, 2.24) is 0 Å². The molecule has 2 rings (SSSR count). The Balaban J connectivity index is 2.13. The number of para-hydroxylation sites is 1. The Hall–Kier alpha value is -1.55. The van der Waals surface area contributed by atoms with Crippen LogP contribution in [0.1, 0.15) is 5.56 Å². The van der Waals surface area contributed by atoms with Crippen molar-refractivity contribution in [1.29, 1.82) is 0 Å². The van der Waals surface area contributed by atoms with Gasteiger partial charge < -0.3 is 15.2 Å². The molecule has 0 saturated heterocycles. The number of rotatable bonds is 3. The first kappa shape index (κ1) is 11.9. The lowest BCUT2D eigenvalue weighted by Crippen LogP contribution is -2.37. The molecule has 0 aliphatic carbocycles. The lowest BCUT2D eigenvalue weighted by molar-refractivity contribution is -0.147. The third-order valence-electron chi connectivity index (χ3n) is 3.23.